The highest BCUT2D eigenvalue weighted by Gasteiger charge is 2.19. The van der Waals surface area contributed by atoms with Crippen LogP contribution in [0.2, 0.25) is 0 Å². The summed E-state index contributed by atoms with van der Waals surface area (Å²) in [6.45, 7) is 8.81. The van der Waals surface area contributed by atoms with Crippen molar-refractivity contribution in [3.63, 3.8) is 0 Å². The SMILES string of the molecule is CCCCCCC(CCCC)OC(=O)OC(CCCC)CCCCCC. The molecule has 0 heterocycles. The average Bonchev–Trinajstić information content (AvgIpc) is 2.64. The van der Waals surface area contributed by atoms with Crippen molar-refractivity contribution in [2.75, 3.05) is 0 Å². The molecule has 0 aliphatic rings. The van der Waals surface area contributed by atoms with Gasteiger partial charge < -0.3 is 9.47 Å². The topological polar surface area (TPSA) is 35.5 Å². The van der Waals surface area contributed by atoms with Crippen LogP contribution < -0.4 is 0 Å². The van der Waals surface area contributed by atoms with Gasteiger partial charge in [0, 0.05) is 0 Å². The van der Waals surface area contributed by atoms with Crippen LogP contribution in [0, 0.1) is 0 Å². The molecule has 0 saturated carbocycles. The third-order valence-corrected chi connectivity index (χ3v) is 5.04. The molecule has 0 N–H and O–H groups in total. The number of carbonyl (C=O) groups is 1. The molecule has 0 aromatic carbocycles. The minimum Gasteiger partial charge on any atom is -0.431 e. The Morgan fingerprint density at radius 3 is 1.23 bits per heavy atom. The smallest absolute Gasteiger partial charge is 0.431 e. The van der Waals surface area contributed by atoms with E-state index < -0.39 is 6.16 Å². The number of carbonyl (C=O) groups excluding carboxylic acids is 1. The molecule has 0 aromatic heterocycles. The van der Waals surface area contributed by atoms with Gasteiger partial charge in [-0.15, -0.1) is 0 Å². The van der Waals surface area contributed by atoms with Crippen molar-refractivity contribution in [3.8, 4) is 0 Å². The van der Waals surface area contributed by atoms with Crippen molar-refractivity contribution in [2.24, 2.45) is 0 Å². The van der Waals surface area contributed by atoms with E-state index in [9.17, 15) is 4.79 Å². The average molecular weight is 371 g/mol. The van der Waals surface area contributed by atoms with Gasteiger partial charge in [-0.1, -0.05) is 91.9 Å². The van der Waals surface area contributed by atoms with E-state index in [2.05, 4.69) is 27.7 Å². The number of hydrogen-bond acceptors (Lipinski definition) is 3. The maximum Gasteiger partial charge on any atom is 0.508 e. The second-order valence-corrected chi connectivity index (χ2v) is 7.71. The highest BCUT2D eigenvalue weighted by Crippen LogP contribution is 2.18. The van der Waals surface area contributed by atoms with Crippen molar-refractivity contribution in [2.45, 2.75) is 143 Å². The number of rotatable bonds is 18. The summed E-state index contributed by atoms with van der Waals surface area (Å²) >= 11 is 0. The van der Waals surface area contributed by atoms with Crippen molar-refractivity contribution >= 4 is 6.16 Å². The van der Waals surface area contributed by atoms with Crippen molar-refractivity contribution in [3.05, 3.63) is 0 Å². The molecule has 0 spiro atoms. The predicted molar refractivity (Wildman–Crippen MR) is 112 cm³/mol. The Labute approximate surface area is 163 Å². The molecular weight excluding hydrogens is 324 g/mol. The summed E-state index contributed by atoms with van der Waals surface area (Å²) in [7, 11) is 0. The highest BCUT2D eigenvalue weighted by atomic mass is 16.7. The van der Waals surface area contributed by atoms with Crippen LogP contribution in [0.4, 0.5) is 4.79 Å². The molecule has 0 rings (SSSR count). The maximum absolute atomic E-state index is 12.3. The van der Waals surface area contributed by atoms with Gasteiger partial charge in [0.05, 0.1) is 0 Å². The van der Waals surface area contributed by atoms with E-state index in [-0.39, 0.29) is 12.2 Å². The molecule has 2 atom stereocenters. The Balaban J connectivity index is 4.34. The van der Waals surface area contributed by atoms with Gasteiger partial charge in [-0.05, 0) is 38.5 Å². The first-order valence-corrected chi connectivity index (χ1v) is 11.5. The van der Waals surface area contributed by atoms with Crippen LogP contribution in [-0.4, -0.2) is 18.4 Å². The molecular formula is C23H46O3. The summed E-state index contributed by atoms with van der Waals surface area (Å²) in [6, 6.07) is 0. The first kappa shape index (κ1) is 25.3. The van der Waals surface area contributed by atoms with E-state index in [4.69, 9.17) is 9.47 Å². The van der Waals surface area contributed by atoms with E-state index in [1.165, 1.54) is 38.5 Å². The summed E-state index contributed by atoms with van der Waals surface area (Å²) in [5, 5.41) is 0. The van der Waals surface area contributed by atoms with E-state index >= 15 is 0 Å². The molecule has 0 radical (unpaired) electrons. The molecule has 156 valence electrons. The van der Waals surface area contributed by atoms with Gasteiger partial charge in [-0.2, -0.15) is 0 Å². The summed E-state index contributed by atoms with van der Waals surface area (Å²) < 4.78 is 11.4. The molecule has 0 aromatic rings. The van der Waals surface area contributed by atoms with Crippen LogP contribution >= 0.6 is 0 Å². The molecule has 26 heavy (non-hydrogen) atoms. The zero-order valence-electron chi connectivity index (χ0n) is 18.2. The molecule has 0 bridgehead atoms. The van der Waals surface area contributed by atoms with Crippen LogP contribution in [-0.2, 0) is 9.47 Å². The van der Waals surface area contributed by atoms with E-state index in [0.29, 0.717) is 0 Å². The van der Waals surface area contributed by atoms with E-state index in [0.717, 1.165) is 64.2 Å². The fourth-order valence-corrected chi connectivity index (χ4v) is 3.29. The standard InChI is InChI=1S/C23H46O3/c1-5-9-13-15-19-21(17-11-7-3)25-23(24)26-22(18-12-8-4)20-16-14-10-6-2/h21-22H,5-20H2,1-4H3. The largest absolute Gasteiger partial charge is 0.508 e. The summed E-state index contributed by atoms with van der Waals surface area (Å²) in [6.07, 6.45) is 17.8. The molecule has 0 fully saturated rings. The second kappa shape index (κ2) is 19.0. The zero-order chi connectivity index (χ0) is 19.5. The number of ether oxygens (including phenoxy) is 2. The molecule has 3 heteroatoms. The lowest BCUT2D eigenvalue weighted by Gasteiger charge is -2.21. The minimum absolute atomic E-state index is 0.0335. The summed E-state index contributed by atoms with van der Waals surface area (Å²) in [4.78, 5) is 12.3. The lowest BCUT2D eigenvalue weighted by Crippen LogP contribution is -2.24. The highest BCUT2D eigenvalue weighted by molar-refractivity contribution is 5.60. The lowest BCUT2D eigenvalue weighted by atomic mass is 10.0. The zero-order valence-corrected chi connectivity index (χ0v) is 18.2. The van der Waals surface area contributed by atoms with Crippen LogP contribution in [0.1, 0.15) is 130 Å². The fraction of sp³-hybridized carbons (Fsp3) is 0.957. The van der Waals surface area contributed by atoms with E-state index in [1.807, 2.05) is 0 Å². The van der Waals surface area contributed by atoms with Gasteiger partial charge in [-0.25, -0.2) is 4.79 Å². The Hall–Kier alpha value is -0.730. The number of hydrogen-bond donors (Lipinski definition) is 0. The minimum atomic E-state index is -0.432. The van der Waals surface area contributed by atoms with Gasteiger partial charge in [0.25, 0.3) is 0 Å². The van der Waals surface area contributed by atoms with Gasteiger partial charge >= 0.3 is 6.16 Å². The molecule has 0 saturated heterocycles. The van der Waals surface area contributed by atoms with Gasteiger partial charge in [-0.3, -0.25) is 0 Å². The van der Waals surface area contributed by atoms with E-state index in [1.54, 1.807) is 0 Å². The van der Waals surface area contributed by atoms with Crippen molar-refractivity contribution in [1.82, 2.24) is 0 Å². The fourth-order valence-electron chi connectivity index (χ4n) is 3.29. The summed E-state index contributed by atoms with van der Waals surface area (Å²) in [5.41, 5.74) is 0. The monoisotopic (exact) mass is 370 g/mol. The summed E-state index contributed by atoms with van der Waals surface area (Å²) in [5.74, 6) is 0. The van der Waals surface area contributed by atoms with Crippen molar-refractivity contribution in [1.29, 1.82) is 0 Å². The van der Waals surface area contributed by atoms with Gasteiger partial charge in [0.1, 0.15) is 12.2 Å². The second-order valence-electron chi connectivity index (χ2n) is 7.71. The first-order valence-electron chi connectivity index (χ1n) is 11.5. The molecule has 0 aliphatic heterocycles. The van der Waals surface area contributed by atoms with Crippen LogP contribution in [0.3, 0.4) is 0 Å². The van der Waals surface area contributed by atoms with Crippen LogP contribution in [0.25, 0.3) is 0 Å². The Bertz CT molecular complexity index is 276. The van der Waals surface area contributed by atoms with Crippen LogP contribution in [0.5, 0.6) is 0 Å². The third-order valence-electron chi connectivity index (χ3n) is 5.04. The normalized spacial score (nSPS) is 13.4. The molecule has 0 amide bonds. The quantitative estimate of drug-likeness (QED) is 0.180. The molecule has 2 unspecified atom stereocenters. The Morgan fingerprint density at radius 1 is 0.538 bits per heavy atom. The predicted octanol–water partition coefficient (Wildman–Crippen LogP) is 8.20. The third kappa shape index (κ3) is 15.5. The Morgan fingerprint density at radius 2 is 0.885 bits per heavy atom. The lowest BCUT2D eigenvalue weighted by molar-refractivity contribution is -0.0119. The van der Waals surface area contributed by atoms with Gasteiger partial charge in [0.2, 0.25) is 0 Å². The Kier molecular flexibility index (Phi) is 18.5. The molecule has 3 nitrogen and oxygen atoms in total. The molecule has 0 aliphatic carbocycles. The maximum atomic E-state index is 12.3. The van der Waals surface area contributed by atoms with Gasteiger partial charge in [0.15, 0.2) is 0 Å². The van der Waals surface area contributed by atoms with Crippen LogP contribution in [0.15, 0.2) is 0 Å². The number of unbranched alkanes of at least 4 members (excludes halogenated alkanes) is 8. The van der Waals surface area contributed by atoms with Crippen molar-refractivity contribution < 1.29 is 14.3 Å². The first-order chi connectivity index (χ1) is 12.7.